The van der Waals surface area contributed by atoms with Gasteiger partial charge < -0.3 is 11.1 Å². The monoisotopic (exact) mass is 248 g/mol. The Morgan fingerprint density at radius 2 is 2.24 bits per heavy atom. The van der Waals surface area contributed by atoms with Crippen molar-refractivity contribution >= 4 is 23.0 Å². The van der Waals surface area contributed by atoms with Gasteiger partial charge in [-0.25, -0.2) is 9.97 Å². The number of hydrogen-bond donors (Lipinski definition) is 2. The average Bonchev–Trinajstić information content (AvgIpc) is 2.71. The van der Waals surface area contributed by atoms with Gasteiger partial charge >= 0.3 is 0 Å². The molecule has 2 aromatic heterocycles. The molecule has 2 aromatic rings. The lowest BCUT2D eigenvalue weighted by Crippen LogP contribution is -2.05. The molecule has 90 valence electrons. The molecular formula is C12H16N4S. The molecule has 4 nitrogen and oxygen atoms in total. The summed E-state index contributed by atoms with van der Waals surface area (Å²) in [7, 11) is 0. The fraction of sp³-hybridized carbons (Fsp3) is 0.333. The number of nitrogens with one attached hydrogen (secondary N) is 1. The second kappa shape index (κ2) is 5.14. The Morgan fingerprint density at radius 1 is 1.41 bits per heavy atom. The van der Waals surface area contributed by atoms with Crippen LogP contribution in [0.2, 0.25) is 0 Å². The zero-order valence-corrected chi connectivity index (χ0v) is 10.8. The summed E-state index contributed by atoms with van der Waals surface area (Å²) in [6.07, 6.45) is 0.789. The highest BCUT2D eigenvalue weighted by Gasteiger charge is 2.03. The van der Waals surface area contributed by atoms with E-state index < -0.39 is 0 Å². The Bertz CT molecular complexity index is 507. The molecule has 17 heavy (non-hydrogen) atoms. The highest BCUT2D eigenvalue weighted by atomic mass is 32.1. The van der Waals surface area contributed by atoms with Crippen molar-refractivity contribution in [1.29, 1.82) is 0 Å². The van der Waals surface area contributed by atoms with Crippen LogP contribution in [0.5, 0.6) is 0 Å². The Morgan fingerprint density at radius 3 is 2.88 bits per heavy atom. The topological polar surface area (TPSA) is 63.8 Å². The number of aryl methyl sites for hydroxylation is 2. The fourth-order valence-electron chi connectivity index (χ4n) is 1.52. The first-order valence-electron chi connectivity index (χ1n) is 5.59. The molecular weight excluding hydrogens is 232 g/mol. The van der Waals surface area contributed by atoms with Crippen LogP contribution in [0.4, 0.5) is 11.6 Å². The van der Waals surface area contributed by atoms with Gasteiger partial charge in [0.1, 0.15) is 17.5 Å². The van der Waals surface area contributed by atoms with Crippen LogP contribution in [0.15, 0.2) is 17.5 Å². The van der Waals surface area contributed by atoms with Crippen molar-refractivity contribution in [3.63, 3.8) is 0 Å². The smallest absolute Gasteiger partial charge is 0.132 e. The summed E-state index contributed by atoms with van der Waals surface area (Å²) in [4.78, 5) is 9.85. The van der Waals surface area contributed by atoms with Crippen LogP contribution in [0.25, 0.3) is 0 Å². The third-order valence-electron chi connectivity index (χ3n) is 2.51. The van der Waals surface area contributed by atoms with Gasteiger partial charge in [0.15, 0.2) is 0 Å². The van der Waals surface area contributed by atoms with Crippen LogP contribution in [0, 0.1) is 6.92 Å². The second-order valence-electron chi connectivity index (χ2n) is 3.83. The van der Waals surface area contributed by atoms with Gasteiger partial charge in [0, 0.05) is 17.4 Å². The van der Waals surface area contributed by atoms with Crippen molar-refractivity contribution in [2.45, 2.75) is 26.8 Å². The first-order chi connectivity index (χ1) is 8.19. The summed E-state index contributed by atoms with van der Waals surface area (Å²) in [5.74, 6) is 2.08. The highest BCUT2D eigenvalue weighted by molar-refractivity contribution is 7.10. The third kappa shape index (κ3) is 2.94. The first-order valence-corrected chi connectivity index (χ1v) is 6.47. The number of rotatable bonds is 4. The van der Waals surface area contributed by atoms with Crippen molar-refractivity contribution in [3.05, 3.63) is 33.8 Å². The van der Waals surface area contributed by atoms with Crippen molar-refractivity contribution in [1.82, 2.24) is 9.97 Å². The van der Waals surface area contributed by atoms with Gasteiger partial charge in [0.2, 0.25) is 0 Å². The maximum Gasteiger partial charge on any atom is 0.132 e. The number of aromatic nitrogens is 2. The number of anilines is 2. The van der Waals surface area contributed by atoms with Crippen LogP contribution in [0.3, 0.4) is 0 Å². The van der Waals surface area contributed by atoms with E-state index in [2.05, 4.69) is 33.7 Å². The zero-order valence-electron chi connectivity index (χ0n) is 10.0. The van der Waals surface area contributed by atoms with Gasteiger partial charge in [-0.15, -0.1) is 11.3 Å². The molecule has 0 bridgehead atoms. The van der Waals surface area contributed by atoms with Crippen LogP contribution < -0.4 is 11.1 Å². The molecule has 0 unspecified atom stereocenters. The first kappa shape index (κ1) is 11.9. The summed E-state index contributed by atoms with van der Waals surface area (Å²) < 4.78 is 0. The predicted molar refractivity (Wildman–Crippen MR) is 72.2 cm³/mol. The molecule has 0 saturated heterocycles. The fourth-order valence-corrected chi connectivity index (χ4v) is 2.37. The minimum Gasteiger partial charge on any atom is -0.384 e. The molecule has 3 N–H and O–H groups in total. The quantitative estimate of drug-likeness (QED) is 0.873. The van der Waals surface area contributed by atoms with Crippen molar-refractivity contribution in [2.24, 2.45) is 0 Å². The van der Waals surface area contributed by atoms with Gasteiger partial charge in [-0.1, -0.05) is 6.92 Å². The van der Waals surface area contributed by atoms with E-state index in [1.165, 1.54) is 10.4 Å². The molecule has 0 saturated carbocycles. The van der Waals surface area contributed by atoms with E-state index in [9.17, 15) is 0 Å². The van der Waals surface area contributed by atoms with Crippen LogP contribution >= 0.6 is 11.3 Å². The van der Waals surface area contributed by atoms with E-state index >= 15 is 0 Å². The molecule has 0 aliphatic rings. The standard InChI is InChI=1S/C12H16N4S/c1-3-11-15-10(13)6-12(16-11)14-7-9-8(2)4-5-17-9/h4-6H,3,7H2,1-2H3,(H3,13,14,15,16). The van der Waals surface area contributed by atoms with Crippen LogP contribution in [-0.4, -0.2) is 9.97 Å². The molecule has 0 radical (unpaired) electrons. The summed E-state index contributed by atoms with van der Waals surface area (Å²) in [6, 6.07) is 3.88. The summed E-state index contributed by atoms with van der Waals surface area (Å²) in [6.45, 7) is 4.91. The molecule has 0 amide bonds. The van der Waals surface area contributed by atoms with Gasteiger partial charge in [-0.3, -0.25) is 0 Å². The number of thiophene rings is 1. The summed E-state index contributed by atoms with van der Waals surface area (Å²) in [5, 5.41) is 5.38. The van der Waals surface area contributed by atoms with Gasteiger partial charge in [-0.05, 0) is 23.9 Å². The van der Waals surface area contributed by atoms with E-state index in [1.54, 1.807) is 17.4 Å². The molecule has 0 aromatic carbocycles. The molecule has 5 heteroatoms. The number of nitrogen functional groups attached to an aromatic ring is 1. The molecule has 0 spiro atoms. The van der Waals surface area contributed by atoms with Crippen LogP contribution in [0.1, 0.15) is 23.2 Å². The third-order valence-corrected chi connectivity index (χ3v) is 3.53. The lowest BCUT2D eigenvalue weighted by molar-refractivity contribution is 0.939. The number of nitrogens with two attached hydrogens (primary N) is 1. The molecule has 0 aliphatic carbocycles. The SMILES string of the molecule is CCc1nc(N)cc(NCc2sccc2C)n1. The largest absolute Gasteiger partial charge is 0.384 e. The minimum absolute atomic E-state index is 0.516. The van der Waals surface area contributed by atoms with E-state index in [1.807, 2.05) is 6.92 Å². The molecule has 0 fully saturated rings. The number of hydrogen-bond acceptors (Lipinski definition) is 5. The summed E-state index contributed by atoms with van der Waals surface area (Å²) >= 11 is 1.75. The lowest BCUT2D eigenvalue weighted by Gasteiger charge is -2.07. The minimum atomic E-state index is 0.516. The second-order valence-corrected chi connectivity index (χ2v) is 4.83. The highest BCUT2D eigenvalue weighted by Crippen LogP contribution is 2.17. The van der Waals surface area contributed by atoms with Gasteiger partial charge in [-0.2, -0.15) is 0 Å². The van der Waals surface area contributed by atoms with Crippen LogP contribution in [-0.2, 0) is 13.0 Å². The summed E-state index contributed by atoms with van der Waals surface area (Å²) in [5.41, 5.74) is 7.03. The Labute approximate surface area is 105 Å². The molecule has 0 atom stereocenters. The Balaban J connectivity index is 2.09. The molecule has 2 heterocycles. The van der Waals surface area contributed by atoms with Crippen molar-refractivity contribution in [3.8, 4) is 0 Å². The van der Waals surface area contributed by atoms with E-state index in [0.717, 1.165) is 24.6 Å². The molecule has 0 aliphatic heterocycles. The predicted octanol–water partition coefficient (Wildman–Crippen LogP) is 2.60. The van der Waals surface area contributed by atoms with Gasteiger partial charge in [0.05, 0.1) is 6.54 Å². The lowest BCUT2D eigenvalue weighted by atomic mass is 10.3. The number of nitrogens with zero attached hydrogens (tertiary/aromatic N) is 2. The Hall–Kier alpha value is -1.62. The average molecular weight is 248 g/mol. The zero-order chi connectivity index (χ0) is 12.3. The molecule has 2 rings (SSSR count). The van der Waals surface area contributed by atoms with Crippen molar-refractivity contribution < 1.29 is 0 Å². The van der Waals surface area contributed by atoms with E-state index in [0.29, 0.717) is 5.82 Å². The van der Waals surface area contributed by atoms with Gasteiger partial charge in [0.25, 0.3) is 0 Å². The Kier molecular flexibility index (Phi) is 3.58. The van der Waals surface area contributed by atoms with E-state index in [-0.39, 0.29) is 0 Å². The maximum absolute atomic E-state index is 5.73. The van der Waals surface area contributed by atoms with E-state index in [4.69, 9.17) is 5.73 Å². The maximum atomic E-state index is 5.73. The normalized spacial score (nSPS) is 10.5. The van der Waals surface area contributed by atoms with Crippen molar-refractivity contribution in [2.75, 3.05) is 11.1 Å².